The third-order valence-electron chi connectivity index (χ3n) is 4.28. The van der Waals surface area contributed by atoms with Crippen LogP contribution in [0.1, 0.15) is 42.0 Å². The third-order valence-corrected chi connectivity index (χ3v) is 4.28. The van der Waals surface area contributed by atoms with Gasteiger partial charge in [-0.25, -0.2) is 0 Å². The average molecular weight is 266 g/mol. The molecule has 0 amide bonds. The van der Waals surface area contributed by atoms with E-state index in [1.54, 1.807) is 0 Å². The number of pyridine rings is 1. The maximum absolute atomic E-state index is 4.34. The number of nitrogens with zero attached hydrogens (tertiary/aromatic N) is 2. The first-order valence-electron chi connectivity index (χ1n) is 7.53. The van der Waals surface area contributed by atoms with Gasteiger partial charge in [0, 0.05) is 25.0 Å². The first kappa shape index (κ1) is 13.3. The Morgan fingerprint density at radius 2 is 2.00 bits per heavy atom. The van der Waals surface area contributed by atoms with E-state index in [2.05, 4.69) is 59.4 Å². The minimum Gasteiger partial charge on any atom is -0.292 e. The van der Waals surface area contributed by atoms with Crippen molar-refractivity contribution in [2.45, 2.75) is 38.8 Å². The molecule has 0 saturated carbocycles. The topological polar surface area (TPSA) is 16.1 Å². The summed E-state index contributed by atoms with van der Waals surface area (Å²) >= 11 is 0. The average Bonchev–Trinajstić information content (AvgIpc) is 2.50. The van der Waals surface area contributed by atoms with Crippen LogP contribution in [0.5, 0.6) is 0 Å². The zero-order valence-electron chi connectivity index (χ0n) is 12.1. The Labute approximate surface area is 121 Å². The van der Waals surface area contributed by atoms with Crippen LogP contribution in [-0.2, 0) is 6.54 Å². The predicted octanol–water partition coefficient (Wildman–Crippen LogP) is 4.12. The zero-order valence-corrected chi connectivity index (χ0v) is 12.1. The van der Waals surface area contributed by atoms with Crippen LogP contribution in [0.3, 0.4) is 0 Å². The molecule has 1 aliphatic heterocycles. The van der Waals surface area contributed by atoms with Crippen LogP contribution < -0.4 is 0 Å². The standard InChI is InChI=1S/C18H22N2/c1-15-10-11-19-13-17(15)18-9-5-6-12-20(18)14-16-7-3-2-4-8-16/h2-4,7-8,10-11,13,18H,5-6,9,12,14H2,1H3/t18-/m0/s1. The summed E-state index contributed by atoms with van der Waals surface area (Å²) < 4.78 is 0. The van der Waals surface area contributed by atoms with Crippen molar-refractivity contribution < 1.29 is 0 Å². The molecule has 0 unspecified atom stereocenters. The summed E-state index contributed by atoms with van der Waals surface area (Å²) in [6.45, 7) is 4.43. The van der Waals surface area contributed by atoms with Crippen molar-refractivity contribution in [3.8, 4) is 0 Å². The van der Waals surface area contributed by atoms with Crippen LogP contribution in [0.4, 0.5) is 0 Å². The van der Waals surface area contributed by atoms with Gasteiger partial charge in [-0.3, -0.25) is 9.88 Å². The van der Waals surface area contributed by atoms with E-state index in [9.17, 15) is 0 Å². The zero-order chi connectivity index (χ0) is 13.8. The molecule has 1 atom stereocenters. The lowest BCUT2D eigenvalue weighted by Crippen LogP contribution is -2.33. The molecule has 1 fully saturated rings. The van der Waals surface area contributed by atoms with Gasteiger partial charge in [-0.15, -0.1) is 0 Å². The summed E-state index contributed by atoms with van der Waals surface area (Å²) in [7, 11) is 0. The number of rotatable bonds is 3. The third kappa shape index (κ3) is 2.91. The molecule has 1 aromatic carbocycles. The molecule has 0 N–H and O–H groups in total. The first-order valence-corrected chi connectivity index (χ1v) is 7.53. The maximum Gasteiger partial charge on any atom is 0.0369 e. The predicted molar refractivity (Wildman–Crippen MR) is 82.4 cm³/mol. The van der Waals surface area contributed by atoms with Gasteiger partial charge >= 0.3 is 0 Å². The number of aryl methyl sites for hydroxylation is 1. The summed E-state index contributed by atoms with van der Waals surface area (Å²) in [4.78, 5) is 6.95. The molecular weight excluding hydrogens is 244 g/mol. The van der Waals surface area contributed by atoms with Crippen LogP contribution in [-0.4, -0.2) is 16.4 Å². The number of hydrogen-bond donors (Lipinski definition) is 0. The maximum atomic E-state index is 4.34. The second-order valence-corrected chi connectivity index (χ2v) is 5.70. The van der Waals surface area contributed by atoms with Gasteiger partial charge in [-0.2, -0.15) is 0 Å². The molecule has 1 aliphatic rings. The lowest BCUT2D eigenvalue weighted by molar-refractivity contribution is 0.139. The Hall–Kier alpha value is -1.67. The van der Waals surface area contributed by atoms with Crippen molar-refractivity contribution in [1.82, 2.24) is 9.88 Å². The van der Waals surface area contributed by atoms with Crippen LogP contribution in [0.25, 0.3) is 0 Å². The molecule has 1 saturated heterocycles. The molecule has 2 aromatic rings. The molecule has 1 aromatic heterocycles. The van der Waals surface area contributed by atoms with Gasteiger partial charge in [0.15, 0.2) is 0 Å². The van der Waals surface area contributed by atoms with Crippen molar-refractivity contribution in [3.63, 3.8) is 0 Å². The van der Waals surface area contributed by atoms with Gasteiger partial charge in [-0.1, -0.05) is 36.8 Å². The Balaban J connectivity index is 1.83. The van der Waals surface area contributed by atoms with Crippen LogP contribution in [0.15, 0.2) is 48.8 Å². The molecular formula is C18H22N2. The SMILES string of the molecule is Cc1ccncc1[C@@H]1CCCCN1Cc1ccccc1. The van der Waals surface area contributed by atoms with Crippen molar-refractivity contribution in [1.29, 1.82) is 0 Å². The summed E-state index contributed by atoms with van der Waals surface area (Å²) in [5.41, 5.74) is 4.18. The quantitative estimate of drug-likeness (QED) is 0.831. The van der Waals surface area contributed by atoms with E-state index in [4.69, 9.17) is 0 Å². The fourth-order valence-corrected chi connectivity index (χ4v) is 3.18. The summed E-state index contributed by atoms with van der Waals surface area (Å²) in [5, 5.41) is 0. The van der Waals surface area contributed by atoms with E-state index in [0.29, 0.717) is 6.04 Å². The second kappa shape index (κ2) is 6.19. The van der Waals surface area contributed by atoms with Crippen LogP contribution in [0, 0.1) is 6.92 Å². The molecule has 2 heterocycles. The number of aromatic nitrogens is 1. The van der Waals surface area contributed by atoms with Gasteiger partial charge in [0.2, 0.25) is 0 Å². The van der Waals surface area contributed by atoms with Crippen molar-refractivity contribution >= 4 is 0 Å². The van der Waals surface area contributed by atoms with E-state index < -0.39 is 0 Å². The van der Waals surface area contributed by atoms with Crippen LogP contribution >= 0.6 is 0 Å². The monoisotopic (exact) mass is 266 g/mol. The Morgan fingerprint density at radius 3 is 2.80 bits per heavy atom. The first-order chi connectivity index (χ1) is 9.84. The smallest absolute Gasteiger partial charge is 0.0369 e. The molecule has 2 nitrogen and oxygen atoms in total. The normalized spacial score (nSPS) is 19.9. The molecule has 2 heteroatoms. The highest BCUT2D eigenvalue weighted by molar-refractivity contribution is 5.26. The lowest BCUT2D eigenvalue weighted by Gasteiger charge is -2.36. The van der Waals surface area contributed by atoms with E-state index >= 15 is 0 Å². The molecule has 3 rings (SSSR count). The van der Waals surface area contributed by atoms with Gasteiger partial charge in [0.1, 0.15) is 0 Å². The fraction of sp³-hybridized carbons (Fsp3) is 0.389. The van der Waals surface area contributed by atoms with Crippen molar-refractivity contribution in [2.75, 3.05) is 6.54 Å². The van der Waals surface area contributed by atoms with Crippen molar-refractivity contribution in [2.24, 2.45) is 0 Å². The highest BCUT2D eigenvalue weighted by Crippen LogP contribution is 2.33. The number of likely N-dealkylation sites (tertiary alicyclic amines) is 1. The Bertz CT molecular complexity index is 550. The number of hydrogen-bond acceptors (Lipinski definition) is 2. The van der Waals surface area contributed by atoms with Crippen molar-refractivity contribution in [3.05, 3.63) is 65.5 Å². The molecule has 0 spiro atoms. The van der Waals surface area contributed by atoms with Gasteiger partial charge in [0.05, 0.1) is 0 Å². The number of benzene rings is 1. The highest BCUT2D eigenvalue weighted by Gasteiger charge is 2.25. The largest absolute Gasteiger partial charge is 0.292 e. The van der Waals surface area contributed by atoms with Gasteiger partial charge < -0.3 is 0 Å². The molecule has 0 radical (unpaired) electrons. The van der Waals surface area contributed by atoms with Gasteiger partial charge in [-0.05, 0) is 49.1 Å². The second-order valence-electron chi connectivity index (χ2n) is 5.70. The minimum absolute atomic E-state index is 0.526. The van der Waals surface area contributed by atoms with E-state index in [-0.39, 0.29) is 0 Å². The summed E-state index contributed by atoms with van der Waals surface area (Å²) in [6, 6.07) is 13.4. The Kier molecular flexibility index (Phi) is 4.12. The molecule has 104 valence electrons. The highest BCUT2D eigenvalue weighted by atomic mass is 15.2. The summed E-state index contributed by atoms with van der Waals surface area (Å²) in [5.74, 6) is 0. The molecule has 0 bridgehead atoms. The van der Waals surface area contributed by atoms with E-state index in [1.807, 2.05) is 6.20 Å². The number of piperidine rings is 1. The molecule has 20 heavy (non-hydrogen) atoms. The summed E-state index contributed by atoms with van der Waals surface area (Å²) in [6.07, 6.45) is 7.83. The Morgan fingerprint density at radius 1 is 1.15 bits per heavy atom. The molecule has 0 aliphatic carbocycles. The van der Waals surface area contributed by atoms with Crippen LogP contribution in [0.2, 0.25) is 0 Å². The minimum atomic E-state index is 0.526. The lowest BCUT2D eigenvalue weighted by atomic mass is 9.93. The fourth-order valence-electron chi connectivity index (χ4n) is 3.18. The van der Waals surface area contributed by atoms with E-state index in [0.717, 1.165) is 6.54 Å². The van der Waals surface area contributed by atoms with Gasteiger partial charge in [0.25, 0.3) is 0 Å². The van der Waals surface area contributed by atoms with E-state index in [1.165, 1.54) is 42.5 Å².